The first kappa shape index (κ1) is 15.7. The number of hydrogen-bond donors (Lipinski definition) is 3. The Kier molecular flexibility index (Phi) is 12.2. The van der Waals surface area contributed by atoms with Crippen molar-refractivity contribution < 1.29 is 38.7 Å². The van der Waals surface area contributed by atoms with Crippen molar-refractivity contribution in [3.8, 4) is 0 Å². The maximum atomic E-state index is 8.88. The molecule has 0 aliphatic carbocycles. The van der Waals surface area contributed by atoms with Crippen molar-refractivity contribution in [1.82, 2.24) is 0 Å². The van der Waals surface area contributed by atoms with Crippen molar-refractivity contribution in [2.45, 2.75) is 0 Å². The van der Waals surface area contributed by atoms with Crippen LogP contribution in [0.15, 0.2) is 0 Å². The maximum absolute atomic E-state index is 8.88. The average molecular weight is 240 g/mol. The van der Waals surface area contributed by atoms with Gasteiger partial charge in [0.25, 0.3) is 0 Å². The second-order valence-corrected chi connectivity index (χ2v) is 1.54. The first-order valence-corrected chi connectivity index (χ1v) is 2.35. The van der Waals surface area contributed by atoms with E-state index in [1.165, 1.54) is 0 Å². The van der Waals surface area contributed by atoms with Gasteiger partial charge >= 0.3 is 25.4 Å². The fraction of sp³-hybridized carbons (Fsp3) is 0. The summed E-state index contributed by atoms with van der Waals surface area (Å²) in [5.41, 5.74) is 0. The smallest absolute Gasteiger partial charge is 0 e. The van der Waals surface area contributed by atoms with Crippen LogP contribution in [0.4, 0.5) is 0 Å². The molecule has 0 aliphatic heterocycles. The van der Waals surface area contributed by atoms with Gasteiger partial charge in [-0.2, -0.15) is 0 Å². The summed E-state index contributed by atoms with van der Waals surface area (Å²) in [5, 5.41) is 0. The molecule has 4 nitrogen and oxygen atoms in total. The predicted molar refractivity (Wildman–Crippen MR) is 25.6 cm³/mol. The molecule has 0 aromatic heterocycles. The molecule has 0 saturated heterocycles. The Bertz CT molecular complexity index is 57.8. The van der Waals surface area contributed by atoms with Crippen LogP contribution in [0.2, 0.25) is 0 Å². The molecular weight excluding hydrogens is 233 g/mol. The molecule has 7 heavy (non-hydrogen) atoms. The molecule has 0 aliphatic rings. The molecule has 42 valence electrons. The van der Waals surface area contributed by atoms with Gasteiger partial charge in [-0.15, -0.1) is 0 Å². The standard InChI is InChI=1S/GeH4.H3O4P.Zn/c;1-5(2,3)4;/h1H4;(H3,1,2,3,4);. The summed E-state index contributed by atoms with van der Waals surface area (Å²) in [7, 11) is -4.64. The minimum absolute atomic E-state index is 0. The zero-order chi connectivity index (χ0) is 4.50. The molecule has 0 bridgehead atoms. The molecule has 0 spiro atoms. The summed E-state index contributed by atoms with van der Waals surface area (Å²) in [5.74, 6) is 0. The molecule has 7 heteroatoms. The SMILES string of the molecule is O=P(O)(O)O.[GeH4].[Zn]. The Hall–Kier alpha value is 1.28. The second kappa shape index (κ2) is 5.41. The fourth-order valence-electron chi connectivity index (χ4n) is 0. The molecule has 0 aromatic rings. The molecule has 0 saturated carbocycles. The van der Waals surface area contributed by atoms with Crippen molar-refractivity contribution in [1.29, 1.82) is 0 Å². The van der Waals surface area contributed by atoms with Gasteiger partial charge in [0.1, 0.15) is 0 Å². The van der Waals surface area contributed by atoms with Gasteiger partial charge in [-0.05, 0) is 0 Å². The quantitative estimate of drug-likeness (QED) is 0.326. The number of hydrogen-bond acceptors (Lipinski definition) is 1. The first-order valence-electron chi connectivity index (χ1n) is 0.783. The Morgan fingerprint density at radius 1 is 1.14 bits per heavy atom. The molecule has 0 amide bonds. The van der Waals surface area contributed by atoms with Gasteiger partial charge in [0, 0.05) is 19.5 Å². The van der Waals surface area contributed by atoms with E-state index in [4.69, 9.17) is 19.2 Å². The summed E-state index contributed by atoms with van der Waals surface area (Å²) in [6, 6.07) is 0. The van der Waals surface area contributed by atoms with Gasteiger partial charge in [-0.3, -0.25) is 0 Å². The van der Waals surface area contributed by atoms with E-state index in [-0.39, 0.29) is 37.1 Å². The topological polar surface area (TPSA) is 77.8 Å². The van der Waals surface area contributed by atoms with Gasteiger partial charge in [0.15, 0.2) is 0 Å². The zero-order valence-electron chi connectivity index (χ0n) is 2.90. The van der Waals surface area contributed by atoms with Crippen molar-refractivity contribution in [3.05, 3.63) is 0 Å². The van der Waals surface area contributed by atoms with E-state index in [0.717, 1.165) is 0 Å². The number of phosphoric acid groups is 1. The van der Waals surface area contributed by atoms with Gasteiger partial charge in [0.2, 0.25) is 0 Å². The normalized spacial score (nSPS) is 8.43. The summed E-state index contributed by atoms with van der Waals surface area (Å²) in [6.07, 6.45) is 0. The molecular formula is H7GeO4PZn. The van der Waals surface area contributed by atoms with E-state index in [0.29, 0.717) is 0 Å². The second-order valence-electron chi connectivity index (χ2n) is 0.513. The zero-order valence-corrected chi connectivity index (χ0v) is 6.77. The molecule has 0 unspecified atom stereocenters. The van der Waals surface area contributed by atoms with Crippen molar-refractivity contribution >= 4 is 25.4 Å². The van der Waals surface area contributed by atoms with Gasteiger partial charge in [-0.25, -0.2) is 4.57 Å². The Morgan fingerprint density at radius 2 is 1.14 bits per heavy atom. The molecule has 0 rings (SSSR count). The van der Waals surface area contributed by atoms with Crippen LogP contribution in [0.25, 0.3) is 0 Å². The van der Waals surface area contributed by atoms with E-state index in [1.54, 1.807) is 0 Å². The number of rotatable bonds is 0. The van der Waals surface area contributed by atoms with Crippen LogP contribution in [-0.4, -0.2) is 32.3 Å². The Labute approximate surface area is 64.3 Å². The van der Waals surface area contributed by atoms with Crippen molar-refractivity contribution in [2.75, 3.05) is 0 Å². The maximum Gasteiger partial charge on any atom is 0 e. The van der Waals surface area contributed by atoms with Crippen LogP contribution < -0.4 is 0 Å². The average Bonchev–Trinajstić information content (AvgIpc) is 0.722. The molecule has 3 N–H and O–H groups in total. The largest absolute Gasteiger partial charge is 0 e. The predicted octanol–water partition coefficient (Wildman–Crippen LogP) is -2.38. The van der Waals surface area contributed by atoms with E-state index < -0.39 is 7.82 Å². The summed E-state index contributed by atoms with van der Waals surface area (Å²) < 4.78 is 8.88. The van der Waals surface area contributed by atoms with E-state index >= 15 is 0 Å². The van der Waals surface area contributed by atoms with Crippen LogP contribution in [0.3, 0.4) is 0 Å². The van der Waals surface area contributed by atoms with Crippen LogP contribution >= 0.6 is 7.82 Å². The minimum Gasteiger partial charge on any atom is 0 e. The third kappa shape index (κ3) is 124. The van der Waals surface area contributed by atoms with Crippen molar-refractivity contribution in [2.24, 2.45) is 0 Å². The monoisotopic (exact) mass is 240 g/mol. The fourth-order valence-corrected chi connectivity index (χ4v) is 0. The van der Waals surface area contributed by atoms with Gasteiger partial charge < -0.3 is 14.7 Å². The summed E-state index contributed by atoms with van der Waals surface area (Å²) in [4.78, 5) is 21.6. The van der Waals surface area contributed by atoms with E-state index in [1.807, 2.05) is 0 Å². The molecule has 0 atom stereocenters. The van der Waals surface area contributed by atoms with E-state index in [2.05, 4.69) is 0 Å². The Balaban J connectivity index is -0.0000000800. The first-order chi connectivity index (χ1) is 2.00. The van der Waals surface area contributed by atoms with Crippen LogP contribution in [0.1, 0.15) is 0 Å². The van der Waals surface area contributed by atoms with Gasteiger partial charge in [0.05, 0.1) is 0 Å². The molecule has 0 radical (unpaired) electrons. The Morgan fingerprint density at radius 3 is 1.14 bits per heavy atom. The third-order valence-corrected chi connectivity index (χ3v) is 0. The minimum atomic E-state index is -4.64. The molecule has 0 heterocycles. The molecule has 0 aromatic carbocycles. The van der Waals surface area contributed by atoms with Gasteiger partial charge in [-0.1, -0.05) is 0 Å². The third-order valence-electron chi connectivity index (χ3n) is 0. The summed E-state index contributed by atoms with van der Waals surface area (Å²) >= 11 is 0. The van der Waals surface area contributed by atoms with Crippen LogP contribution in [0, 0.1) is 0 Å². The van der Waals surface area contributed by atoms with Crippen molar-refractivity contribution in [3.63, 3.8) is 0 Å². The summed E-state index contributed by atoms with van der Waals surface area (Å²) in [6.45, 7) is 0. The van der Waals surface area contributed by atoms with Crippen LogP contribution in [0.5, 0.6) is 0 Å². The van der Waals surface area contributed by atoms with Crippen LogP contribution in [-0.2, 0) is 24.0 Å². The molecule has 0 fully saturated rings. The van der Waals surface area contributed by atoms with E-state index in [9.17, 15) is 0 Å².